The summed E-state index contributed by atoms with van der Waals surface area (Å²) in [5, 5.41) is 1.92. The van der Waals surface area contributed by atoms with Crippen LogP contribution in [0, 0.1) is 0 Å². The van der Waals surface area contributed by atoms with E-state index >= 15 is 0 Å². The van der Waals surface area contributed by atoms with Crippen LogP contribution < -0.4 is 4.18 Å². The van der Waals surface area contributed by atoms with Gasteiger partial charge in [0.05, 0.1) is 0 Å². The summed E-state index contributed by atoms with van der Waals surface area (Å²) in [5.74, 6) is 0.424. The molecule has 0 bridgehead atoms. The van der Waals surface area contributed by atoms with Crippen LogP contribution in [0.3, 0.4) is 0 Å². The van der Waals surface area contributed by atoms with Gasteiger partial charge in [-0.3, -0.25) is 0 Å². The highest BCUT2D eigenvalue weighted by molar-refractivity contribution is 7.67. The molecule has 0 fully saturated rings. The maximum Gasteiger partial charge on any atom is 0.299 e. The highest BCUT2D eigenvalue weighted by atomic mass is 32.2. The van der Waals surface area contributed by atoms with Gasteiger partial charge < -0.3 is 4.18 Å². The van der Waals surface area contributed by atoms with E-state index < -0.39 is 11.0 Å². The normalized spacial score (nSPS) is 11.2. The van der Waals surface area contributed by atoms with Crippen LogP contribution in [0.15, 0.2) is 30.3 Å². The fourth-order valence-corrected chi connectivity index (χ4v) is 3.07. The lowest BCUT2D eigenvalue weighted by atomic mass is 9.94. The average molecular weight is 320 g/mol. The first-order chi connectivity index (χ1) is 10.7. The summed E-state index contributed by atoms with van der Waals surface area (Å²) in [6.07, 6.45) is 6.74. The summed E-state index contributed by atoms with van der Waals surface area (Å²) < 4.78 is 26.7. The maximum atomic E-state index is 10.9. The molecule has 2 aromatic carbocycles. The van der Waals surface area contributed by atoms with E-state index in [2.05, 4.69) is 26.0 Å². The Morgan fingerprint density at radius 3 is 2.18 bits per heavy atom. The van der Waals surface area contributed by atoms with E-state index in [1.54, 1.807) is 6.07 Å². The van der Waals surface area contributed by atoms with E-state index in [1.807, 2.05) is 12.1 Å². The molecule has 4 heteroatoms. The molecule has 0 aliphatic heterocycles. The van der Waals surface area contributed by atoms with E-state index in [0.717, 1.165) is 36.5 Å². The fourth-order valence-electron chi connectivity index (χ4n) is 2.75. The zero-order valence-electron chi connectivity index (χ0n) is 13.3. The molecule has 0 heterocycles. The monoisotopic (exact) mass is 320 g/mol. The third-order valence-electron chi connectivity index (χ3n) is 3.93. The molecule has 0 aliphatic carbocycles. The largest absolute Gasteiger partial charge is 0.384 e. The Labute approximate surface area is 134 Å². The third kappa shape index (κ3) is 4.23. The number of aryl methyl sites for hydroxylation is 2. The topological polar surface area (TPSA) is 43.4 Å². The standard InChI is InChI=1S/C18H24O3S/c1-3-5-8-14-12-16-10-7-11-18(21-22(19)20)17(16)13-15(14)9-6-4-2/h7,10-13,22H,3-6,8-9H2,1-2H3. The SMILES string of the molecule is CCCCc1cc2cccc(O[SH](=O)=O)c2cc1CCCC. The van der Waals surface area contributed by atoms with Crippen molar-refractivity contribution in [1.29, 1.82) is 0 Å². The van der Waals surface area contributed by atoms with E-state index in [9.17, 15) is 8.42 Å². The minimum Gasteiger partial charge on any atom is -0.384 e. The zero-order chi connectivity index (χ0) is 15.9. The van der Waals surface area contributed by atoms with Crippen LogP contribution in [0.25, 0.3) is 10.8 Å². The number of hydrogen-bond donors (Lipinski definition) is 1. The number of thiol groups is 1. The van der Waals surface area contributed by atoms with E-state index in [1.165, 1.54) is 24.0 Å². The van der Waals surface area contributed by atoms with Crippen LogP contribution in [0.1, 0.15) is 50.7 Å². The molecule has 120 valence electrons. The molecule has 3 nitrogen and oxygen atoms in total. The van der Waals surface area contributed by atoms with Crippen molar-refractivity contribution in [1.82, 2.24) is 0 Å². The quantitative estimate of drug-likeness (QED) is 0.732. The number of fused-ring (bicyclic) bond motifs is 1. The van der Waals surface area contributed by atoms with Crippen LogP contribution in [0.4, 0.5) is 0 Å². The van der Waals surface area contributed by atoms with Crippen molar-refractivity contribution in [3.63, 3.8) is 0 Å². The van der Waals surface area contributed by atoms with Gasteiger partial charge in [-0.1, -0.05) is 44.9 Å². The summed E-state index contributed by atoms with van der Waals surface area (Å²) in [6.45, 7) is 4.38. The number of benzene rings is 2. The second-order valence-electron chi connectivity index (χ2n) is 5.62. The van der Waals surface area contributed by atoms with Crippen molar-refractivity contribution < 1.29 is 12.6 Å². The summed E-state index contributed by atoms with van der Waals surface area (Å²) in [5.41, 5.74) is 2.70. The Balaban J connectivity index is 2.50. The molecule has 0 spiro atoms. The van der Waals surface area contributed by atoms with Crippen LogP contribution in [0.2, 0.25) is 0 Å². The lowest BCUT2D eigenvalue weighted by molar-refractivity contribution is 0.513. The smallest absolute Gasteiger partial charge is 0.299 e. The van der Waals surface area contributed by atoms with Crippen molar-refractivity contribution >= 4 is 21.8 Å². The highest BCUT2D eigenvalue weighted by Gasteiger charge is 2.09. The molecule has 0 radical (unpaired) electrons. The number of hydrogen-bond acceptors (Lipinski definition) is 3. The molecule has 0 saturated heterocycles. The molecule has 0 aliphatic rings. The Morgan fingerprint density at radius 1 is 0.955 bits per heavy atom. The molecular weight excluding hydrogens is 296 g/mol. The molecule has 22 heavy (non-hydrogen) atoms. The van der Waals surface area contributed by atoms with Crippen LogP contribution >= 0.6 is 0 Å². The summed E-state index contributed by atoms with van der Waals surface area (Å²) in [6, 6.07) is 9.87. The van der Waals surface area contributed by atoms with Crippen LogP contribution in [0.5, 0.6) is 5.75 Å². The minimum absolute atomic E-state index is 0.424. The summed E-state index contributed by atoms with van der Waals surface area (Å²) in [4.78, 5) is 0. The summed E-state index contributed by atoms with van der Waals surface area (Å²) in [7, 11) is -2.89. The van der Waals surface area contributed by atoms with Gasteiger partial charge >= 0.3 is 0 Å². The van der Waals surface area contributed by atoms with Crippen molar-refractivity contribution in [3.8, 4) is 5.75 Å². The summed E-state index contributed by atoms with van der Waals surface area (Å²) >= 11 is 0. The number of unbranched alkanes of at least 4 members (excludes halogenated alkanes) is 2. The average Bonchev–Trinajstić information content (AvgIpc) is 2.50. The first-order valence-electron chi connectivity index (χ1n) is 8.02. The van der Waals surface area contributed by atoms with Gasteiger partial charge in [0, 0.05) is 5.39 Å². The Kier molecular flexibility index (Phi) is 6.25. The lowest BCUT2D eigenvalue weighted by Crippen LogP contribution is -1.97. The Morgan fingerprint density at radius 2 is 1.59 bits per heavy atom. The molecule has 0 N–H and O–H groups in total. The number of rotatable bonds is 8. The Bertz CT molecular complexity index is 697. The molecule has 2 aromatic rings. The van der Waals surface area contributed by atoms with E-state index in [4.69, 9.17) is 4.18 Å². The second-order valence-corrected chi connectivity index (χ2v) is 6.25. The van der Waals surface area contributed by atoms with Gasteiger partial charge in [0.1, 0.15) is 5.75 Å². The van der Waals surface area contributed by atoms with Crippen LogP contribution in [-0.4, -0.2) is 8.42 Å². The third-order valence-corrected chi connectivity index (χ3v) is 4.28. The molecule has 2 rings (SSSR count). The first-order valence-corrected chi connectivity index (χ1v) is 9.12. The predicted octanol–water partition coefficient (Wildman–Crippen LogP) is 4.43. The lowest BCUT2D eigenvalue weighted by Gasteiger charge is -2.13. The van der Waals surface area contributed by atoms with Gasteiger partial charge in [-0.05, 0) is 54.3 Å². The van der Waals surface area contributed by atoms with Crippen molar-refractivity contribution in [2.45, 2.75) is 52.4 Å². The van der Waals surface area contributed by atoms with Crippen molar-refractivity contribution in [2.24, 2.45) is 0 Å². The fraction of sp³-hybridized carbons (Fsp3) is 0.444. The van der Waals surface area contributed by atoms with E-state index in [0.29, 0.717) is 5.75 Å². The van der Waals surface area contributed by atoms with Gasteiger partial charge in [-0.15, -0.1) is 0 Å². The van der Waals surface area contributed by atoms with Gasteiger partial charge in [0.15, 0.2) is 0 Å². The van der Waals surface area contributed by atoms with Gasteiger partial charge in [-0.2, -0.15) is 8.42 Å². The van der Waals surface area contributed by atoms with Crippen molar-refractivity contribution in [2.75, 3.05) is 0 Å². The maximum absolute atomic E-state index is 10.9. The highest BCUT2D eigenvalue weighted by Crippen LogP contribution is 2.30. The molecule has 0 aromatic heterocycles. The minimum atomic E-state index is -2.89. The molecule has 0 atom stereocenters. The van der Waals surface area contributed by atoms with Crippen molar-refractivity contribution in [3.05, 3.63) is 41.5 Å². The second kappa shape index (κ2) is 8.18. The van der Waals surface area contributed by atoms with Gasteiger partial charge in [0.2, 0.25) is 0 Å². The Hall–Kier alpha value is -1.55. The van der Waals surface area contributed by atoms with Gasteiger partial charge in [0.25, 0.3) is 11.0 Å². The molecule has 0 amide bonds. The molecule has 0 saturated carbocycles. The van der Waals surface area contributed by atoms with E-state index in [-0.39, 0.29) is 0 Å². The van der Waals surface area contributed by atoms with Gasteiger partial charge in [-0.25, -0.2) is 0 Å². The zero-order valence-corrected chi connectivity index (χ0v) is 14.2. The predicted molar refractivity (Wildman–Crippen MR) is 92.1 cm³/mol. The first kappa shape index (κ1) is 16.8. The molecular formula is C18H24O3S. The molecule has 0 unspecified atom stereocenters. The van der Waals surface area contributed by atoms with Crippen LogP contribution in [-0.2, 0) is 23.8 Å².